The zero-order valence-electron chi connectivity index (χ0n) is 3.79. The Balaban J connectivity index is 3.02. The van der Waals surface area contributed by atoms with Crippen LogP contribution in [0.15, 0.2) is 0 Å². The molecule has 7 heavy (non-hydrogen) atoms. The second kappa shape index (κ2) is 3.83. The van der Waals surface area contributed by atoms with Crippen molar-refractivity contribution in [2.75, 3.05) is 6.61 Å². The van der Waals surface area contributed by atoms with Crippen LogP contribution in [0.25, 0.3) is 0 Å². The molecule has 1 unspecified atom stereocenters. The first-order chi connectivity index (χ1) is 3.27. The highest BCUT2D eigenvalue weighted by Gasteiger charge is 1.95. The summed E-state index contributed by atoms with van der Waals surface area (Å²) in [6.45, 7) is 0.145. The van der Waals surface area contributed by atoms with E-state index in [0.717, 1.165) is 0 Å². The van der Waals surface area contributed by atoms with Crippen LogP contribution >= 0.6 is 8.00 Å². The van der Waals surface area contributed by atoms with E-state index in [0.29, 0.717) is 0 Å². The van der Waals surface area contributed by atoms with Crippen molar-refractivity contribution in [3.8, 4) is 12.3 Å². The van der Waals surface area contributed by atoms with Crippen LogP contribution in [0.3, 0.4) is 0 Å². The first-order valence-electron chi connectivity index (χ1n) is 1.63. The number of terminal acetylenes is 1. The van der Waals surface area contributed by atoms with Crippen LogP contribution in [0, 0.1) is 12.3 Å². The van der Waals surface area contributed by atoms with E-state index in [4.69, 9.17) is 11.3 Å². The van der Waals surface area contributed by atoms with Crippen molar-refractivity contribution < 1.29 is 9.42 Å². The minimum absolute atomic E-state index is 0.145. The lowest BCUT2D eigenvalue weighted by molar-refractivity contribution is 0.371. The Morgan fingerprint density at radius 2 is 2.57 bits per heavy atom. The molecule has 0 aromatic heterocycles. The van der Waals surface area contributed by atoms with Crippen LogP contribution in [0.4, 0.5) is 0 Å². The van der Waals surface area contributed by atoms with Crippen molar-refractivity contribution in [1.82, 2.24) is 0 Å². The van der Waals surface area contributed by atoms with Gasteiger partial charge in [0.25, 0.3) is 0 Å². The molecule has 0 saturated carbocycles. The molecular formula is C4H6O2P+. The van der Waals surface area contributed by atoms with Crippen molar-refractivity contribution in [3.63, 3.8) is 0 Å². The van der Waals surface area contributed by atoms with Gasteiger partial charge in [0, 0.05) is 0 Å². The Hall–Kier alpha value is -0.350. The largest absolute Gasteiger partial charge is 0.421 e. The zero-order chi connectivity index (χ0) is 5.70. The summed E-state index contributed by atoms with van der Waals surface area (Å²) in [7, 11) is -1.50. The zero-order valence-corrected chi connectivity index (χ0v) is 4.69. The van der Waals surface area contributed by atoms with E-state index in [-0.39, 0.29) is 6.61 Å². The fourth-order valence-corrected chi connectivity index (χ4v) is 0.335. The molecule has 0 amide bonds. The third-order valence-electron chi connectivity index (χ3n) is 0.297. The summed E-state index contributed by atoms with van der Waals surface area (Å²) in [6.07, 6.45) is 7.95. The normalized spacial score (nSPS) is 10.0. The monoisotopic (exact) mass is 117 g/mol. The molecule has 38 valence electrons. The lowest BCUT2D eigenvalue weighted by Crippen LogP contribution is -1.76. The molecule has 0 spiro atoms. The number of hydrogen-bond acceptors (Lipinski definition) is 2. The van der Waals surface area contributed by atoms with Gasteiger partial charge in [-0.3, -0.25) is 0 Å². The summed E-state index contributed by atoms with van der Waals surface area (Å²) in [5.74, 6) is 2.19. The molecule has 0 rings (SSSR count). The van der Waals surface area contributed by atoms with Crippen LogP contribution in [0.1, 0.15) is 0 Å². The van der Waals surface area contributed by atoms with E-state index in [1.807, 2.05) is 0 Å². The molecule has 0 saturated heterocycles. The van der Waals surface area contributed by atoms with Crippen LogP contribution in [0.2, 0.25) is 0 Å². The molecule has 2 nitrogen and oxygen atoms in total. The van der Waals surface area contributed by atoms with Gasteiger partial charge < -0.3 is 0 Å². The maximum absolute atomic E-state index is 8.32. The summed E-state index contributed by atoms with van der Waals surface area (Å²) in [6, 6.07) is 0. The van der Waals surface area contributed by atoms with Crippen LogP contribution in [0.5, 0.6) is 0 Å². The van der Waals surface area contributed by atoms with Gasteiger partial charge >= 0.3 is 8.00 Å². The molecule has 0 aliphatic rings. The average Bonchev–Trinajstić information content (AvgIpc) is 1.61. The molecule has 1 N–H and O–H groups in total. The maximum Gasteiger partial charge on any atom is 0.421 e. The Bertz CT molecular complexity index is 103. The highest BCUT2D eigenvalue weighted by Crippen LogP contribution is 2.11. The molecule has 3 heteroatoms. The minimum Gasteiger partial charge on any atom is -0.168 e. The topological polar surface area (TPSA) is 29.5 Å². The van der Waals surface area contributed by atoms with Gasteiger partial charge in [-0.15, -0.1) is 10.9 Å². The highest BCUT2D eigenvalue weighted by atomic mass is 31.1. The van der Waals surface area contributed by atoms with Crippen molar-refractivity contribution in [1.29, 1.82) is 0 Å². The molecule has 0 radical (unpaired) electrons. The SMILES string of the molecule is C#CCO[P+](=C)O. The van der Waals surface area contributed by atoms with E-state index >= 15 is 0 Å². The van der Waals surface area contributed by atoms with Gasteiger partial charge in [-0.05, 0) is 0 Å². The van der Waals surface area contributed by atoms with E-state index < -0.39 is 8.00 Å². The molecule has 0 fully saturated rings. The second-order valence-electron chi connectivity index (χ2n) is 0.830. The molecule has 1 atom stereocenters. The van der Waals surface area contributed by atoms with Gasteiger partial charge in [0.2, 0.25) is 0 Å². The van der Waals surface area contributed by atoms with E-state index in [1.165, 1.54) is 0 Å². The summed E-state index contributed by atoms with van der Waals surface area (Å²) in [5, 5.41) is 0. The molecule has 0 bridgehead atoms. The van der Waals surface area contributed by atoms with Gasteiger partial charge in [0.05, 0.1) is 0 Å². The summed E-state index contributed by atoms with van der Waals surface area (Å²) in [4.78, 5) is 8.32. The van der Waals surface area contributed by atoms with Crippen LogP contribution in [-0.4, -0.2) is 17.8 Å². The predicted octanol–water partition coefficient (Wildman–Crippen LogP) is 0.372. The number of rotatable bonds is 2. The third-order valence-corrected chi connectivity index (χ3v) is 0.724. The van der Waals surface area contributed by atoms with E-state index in [2.05, 4.69) is 16.7 Å². The third kappa shape index (κ3) is 5.65. The molecule has 0 aliphatic heterocycles. The van der Waals surface area contributed by atoms with Gasteiger partial charge in [-0.1, -0.05) is 5.92 Å². The smallest absolute Gasteiger partial charge is 0.168 e. The fourth-order valence-electron chi connectivity index (χ4n) is 0.112. The predicted molar refractivity (Wildman–Crippen MR) is 31.0 cm³/mol. The average molecular weight is 117 g/mol. The summed E-state index contributed by atoms with van der Waals surface area (Å²) >= 11 is 0. The van der Waals surface area contributed by atoms with Crippen molar-refractivity contribution >= 4 is 14.3 Å². The Morgan fingerprint density at radius 1 is 2.00 bits per heavy atom. The Morgan fingerprint density at radius 3 is 2.71 bits per heavy atom. The second-order valence-corrected chi connectivity index (χ2v) is 1.79. The molecule has 0 aliphatic carbocycles. The molecule has 0 aromatic carbocycles. The highest BCUT2D eigenvalue weighted by molar-refractivity contribution is 7.44. The van der Waals surface area contributed by atoms with Gasteiger partial charge in [0.15, 0.2) is 6.61 Å². The molecular weight excluding hydrogens is 111 g/mol. The lowest BCUT2D eigenvalue weighted by Gasteiger charge is -1.74. The quantitative estimate of drug-likeness (QED) is 0.418. The van der Waals surface area contributed by atoms with Gasteiger partial charge in [-0.25, -0.2) is 0 Å². The van der Waals surface area contributed by atoms with Crippen LogP contribution < -0.4 is 0 Å². The number of hydrogen-bond donors (Lipinski definition) is 1. The Labute approximate surface area is 43.7 Å². The molecule has 0 heterocycles. The standard InChI is InChI=1S/C4H6O2P/c1-3-4-6-7(2)5/h1,5H,2,4H2/q+1. The van der Waals surface area contributed by atoms with E-state index in [9.17, 15) is 0 Å². The fraction of sp³-hybridized carbons (Fsp3) is 0.250. The first-order valence-corrected chi connectivity index (χ1v) is 3.03. The lowest BCUT2D eigenvalue weighted by atomic mass is 10.8. The van der Waals surface area contributed by atoms with Gasteiger partial charge in [-0.2, -0.15) is 4.89 Å². The summed E-state index contributed by atoms with van der Waals surface area (Å²) < 4.78 is 4.46. The summed E-state index contributed by atoms with van der Waals surface area (Å²) in [5.41, 5.74) is 0. The van der Waals surface area contributed by atoms with Gasteiger partial charge in [0.1, 0.15) is 6.30 Å². The van der Waals surface area contributed by atoms with Crippen molar-refractivity contribution in [2.24, 2.45) is 0 Å². The van der Waals surface area contributed by atoms with Crippen LogP contribution in [-0.2, 0) is 4.52 Å². The van der Waals surface area contributed by atoms with Crippen molar-refractivity contribution in [2.45, 2.75) is 0 Å². The Kier molecular flexibility index (Phi) is 3.64. The van der Waals surface area contributed by atoms with E-state index in [1.54, 1.807) is 0 Å². The minimum atomic E-state index is -1.50. The van der Waals surface area contributed by atoms with Crippen molar-refractivity contribution in [3.05, 3.63) is 0 Å². The first kappa shape index (κ1) is 6.65. The maximum atomic E-state index is 8.32. The molecule has 0 aromatic rings.